The van der Waals surface area contributed by atoms with Crippen molar-refractivity contribution in [3.05, 3.63) is 58.1 Å². The molecule has 2 aromatic rings. The number of hydrogen-bond donors (Lipinski definition) is 1. The van der Waals surface area contributed by atoms with E-state index in [4.69, 9.17) is 21.1 Å². The second kappa shape index (κ2) is 7.38. The zero-order chi connectivity index (χ0) is 18.7. The maximum atomic E-state index is 12.1. The van der Waals surface area contributed by atoms with Crippen molar-refractivity contribution in [2.24, 2.45) is 5.10 Å². The number of nitrogens with one attached hydrogen (secondary N) is 1. The van der Waals surface area contributed by atoms with Crippen LogP contribution in [0.2, 0.25) is 5.02 Å². The van der Waals surface area contributed by atoms with E-state index < -0.39 is 0 Å². The molecular formula is C20H21ClN2O3. The lowest BCUT2D eigenvalue weighted by Gasteiger charge is -2.19. The molecule has 0 radical (unpaired) electrons. The Morgan fingerprint density at radius 2 is 1.85 bits per heavy atom. The topological polar surface area (TPSA) is 59.9 Å². The average Bonchev–Trinajstić information content (AvgIpc) is 3.01. The van der Waals surface area contributed by atoms with E-state index in [1.807, 2.05) is 12.1 Å². The van der Waals surface area contributed by atoms with Crippen LogP contribution in [-0.4, -0.2) is 18.9 Å². The van der Waals surface area contributed by atoms with Crippen molar-refractivity contribution in [1.82, 2.24) is 5.43 Å². The quantitative estimate of drug-likeness (QED) is 0.650. The lowest BCUT2D eigenvalue weighted by molar-refractivity contribution is -0.120. The molecule has 1 N–H and O–H groups in total. The standard InChI is InChI=1S/C20H21ClN2O3/c1-20(2,3)15-6-4-13(5-7-15)8-19(24)23-22-11-14-9-17-18(10-16(14)21)26-12-25-17/h4-7,9-11H,8,12H2,1-3H3,(H,23,24)/b22-11-. The third-order valence-corrected chi connectivity index (χ3v) is 4.40. The monoisotopic (exact) mass is 372 g/mol. The predicted molar refractivity (Wildman–Crippen MR) is 102 cm³/mol. The molecule has 3 rings (SSSR count). The molecule has 2 aromatic carbocycles. The first kappa shape index (κ1) is 18.3. The minimum atomic E-state index is -0.193. The molecular weight excluding hydrogens is 352 g/mol. The first-order valence-corrected chi connectivity index (χ1v) is 8.71. The fraction of sp³-hybridized carbons (Fsp3) is 0.300. The van der Waals surface area contributed by atoms with Gasteiger partial charge in [0.1, 0.15) is 0 Å². The first-order chi connectivity index (χ1) is 12.3. The van der Waals surface area contributed by atoms with Gasteiger partial charge >= 0.3 is 0 Å². The summed E-state index contributed by atoms with van der Waals surface area (Å²) >= 11 is 6.17. The fourth-order valence-corrected chi connectivity index (χ4v) is 2.76. The molecule has 1 aliphatic rings. The van der Waals surface area contributed by atoms with Crippen LogP contribution in [-0.2, 0) is 16.6 Å². The number of hydrazone groups is 1. The summed E-state index contributed by atoms with van der Waals surface area (Å²) in [5.74, 6) is 1.03. The fourth-order valence-electron chi connectivity index (χ4n) is 2.55. The van der Waals surface area contributed by atoms with Crippen LogP contribution in [0.5, 0.6) is 11.5 Å². The van der Waals surface area contributed by atoms with Crippen LogP contribution in [0.1, 0.15) is 37.5 Å². The van der Waals surface area contributed by atoms with Crippen LogP contribution in [0.4, 0.5) is 0 Å². The number of fused-ring (bicyclic) bond motifs is 1. The molecule has 0 saturated heterocycles. The average molecular weight is 373 g/mol. The van der Waals surface area contributed by atoms with E-state index in [2.05, 4.69) is 43.4 Å². The molecule has 0 saturated carbocycles. The number of rotatable bonds is 4. The number of carbonyl (C=O) groups excluding carboxylic acids is 1. The summed E-state index contributed by atoms with van der Waals surface area (Å²) in [6, 6.07) is 11.4. The van der Waals surface area contributed by atoms with Crippen LogP contribution in [0.25, 0.3) is 0 Å². The van der Waals surface area contributed by atoms with Crippen molar-refractivity contribution in [1.29, 1.82) is 0 Å². The Kier molecular flexibility index (Phi) is 5.18. The van der Waals surface area contributed by atoms with Crippen molar-refractivity contribution in [3.63, 3.8) is 0 Å². The van der Waals surface area contributed by atoms with E-state index >= 15 is 0 Å². The van der Waals surface area contributed by atoms with Gasteiger partial charge in [0.15, 0.2) is 11.5 Å². The van der Waals surface area contributed by atoms with Crippen molar-refractivity contribution < 1.29 is 14.3 Å². The van der Waals surface area contributed by atoms with Crippen LogP contribution in [0.15, 0.2) is 41.5 Å². The maximum Gasteiger partial charge on any atom is 0.244 e. The van der Waals surface area contributed by atoms with Gasteiger partial charge in [-0.3, -0.25) is 4.79 Å². The van der Waals surface area contributed by atoms with E-state index in [0.29, 0.717) is 22.1 Å². The van der Waals surface area contributed by atoms with Gasteiger partial charge in [0, 0.05) is 11.6 Å². The van der Waals surface area contributed by atoms with Gasteiger partial charge in [-0.25, -0.2) is 5.43 Å². The van der Waals surface area contributed by atoms with Crippen LogP contribution in [0, 0.1) is 0 Å². The molecule has 0 spiro atoms. The highest BCUT2D eigenvalue weighted by atomic mass is 35.5. The van der Waals surface area contributed by atoms with Crippen molar-refractivity contribution in [2.75, 3.05) is 6.79 Å². The minimum absolute atomic E-state index is 0.0922. The van der Waals surface area contributed by atoms with Gasteiger partial charge in [-0.1, -0.05) is 56.6 Å². The summed E-state index contributed by atoms with van der Waals surface area (Å²) < 4.78 is 10.6. The lowest BCUT2D eigenvalue weighted by atomic mass is 9.86. The van der Waals surface area contributed by atoms with Crippen molar-refractivity contribution in [3.8, 4) is 11.5 Å². The molecule has 5 nitrogen and oxygen atoms in total. The highest BCUT2D eigenvalue weighted by molar-refractivity contribution is 6.33. The van der Waals surface area contributed by atoms with E-state index in [-0.39, 0.29) is 24.5 Å². The highest BCUT2D eigenvalue weighted by Gasteiger charge is 2.16. The molecule has 26 heavy (non-hydrogen) atoms. The van der Waals surface area contributed by atoms with E-state index in [1.54, 1.807) is 12.1 Å². The second-order valence-corrected chi connectivity index (χ2v) is 7.55. The van der Waals surface area contributed by atoms with Gasteiger partial charge in [-0.15, -0.1) is 0 Å². The molecule has 0 bridgehead atoms. The van der Waals surface area contributed by atoms with Crippen molar-refractivity contribution in [2.45, 2.75) is 32.6 Å². The van der Waals surface area contributed by atoms with Crippen molar-refractivity contribution >= 4 is 23.7 Å². The molecule has 0 fully saturated rings. The number of halogens is 1. The maximum absolute atomic E-state index is 12.1. The third-order valence-electron chi connectivity index (χ3n) is 4.07. The van der Waals surface area contributed by atoms with E-state index in [9.17, 15) is 4.79 Å². The SMILES string of the molecule is CC(C)(C)c1ccc(CC(=O)N/N=C\c2cc3c(cc2Cl)OCO3)cc1. The molecule has 136 valence electrons. The smallest absolute Gasteiger partial charge is 0.244 e. The van der Waals surface area contributed by atoms with E-state index in [0.717, 1.165) is 5.56 Å². The van der Waals surface area contributed by atoms with Gasteiger partial charge in [-0.2, -0.15) is 5.10 Å². The summed E-state index contributed by atoms with van der Waals surface area (Å²) in [5.41, 5.74) is 5.43. The van der Waals surface area contributed by atoms with Gasteiger partial charge in [0.2, 0.25) is 12.7 Å². The van der Waals surface area contributed by atoms with Crippen LogP contribution in [0.3, 0.4) is 0 Å². The molecule has 0 unspecified atom stereocenters. The molecule has 6 heteroatoms. The van der Waals surface area contributed by atoms with E-state index in [1.165, 1.54) is 11.8 Å². The molecule has 0 aliphatic carbocycles. The summed E-state index contributed by atoms with van der Waals surface area (Å²) in [6.07, 6.45) is 1.75. The van der Waals surface area contributed by atoms with Gasteiger partial charge < -0.3 is 9.47 Å². The normalized spacial score (nSPS) is 13.2. The molecule has 1 amide bonds. The summed E-state index contributed by atoms with van der Waals surface area (Å²) in [4.78, 5) is 12.1. The zero-order valence-corrected chi connectivity index (χ0v) is 15.8. The highest BCUT2D eigenvalue weighted by Crippen LogP contribution is 2.36. The van der Waals surface area contributed by atoms with Gasteiger partial charge in [-0.05, 0) is 22.6 Å². The van der Waals surface area contributed by atoms with Crippen LogP contribution >= 0.6 is 11.6 Å². The summed E-state index contributed by atoms with van der Waals surface area (Å²) in [6.45, 7) is 6.65. The Hall–Kier alpha value is -2.53. The third kappa shape index (κ3) is 4.35. The van der Waals surface area contributed by atoms with Gasteiger partial charge in [0.05, 0.1) is 17.7 Å². The Bertz CT molecular complexity index is 839. The Labute approximate surface area is 158 Å². The number of benzene rings is 2. The predicted octanol–water partition coefficient (Wildman–Crippen LogP) is 4.06. The Morgan fingerprint density at radius 1 is 1.19 bits per heavy atom. The number of ether oxygens (including phenoxy) is 2. The van der Waals surface area contributed by atoms with Gasteiger partial charge in [0.25, 0.3) is 0 Å². The number of carbonyl (C=O) groups is 1. The summed E-state index contributed by atoms with van der Waals surface area (Å²) in [7, 11) is 0. The summed E-state index contributed by atoms with van der Waals surface area (Å²) in [5, 5.41) is 4.45. The minimum Gasteiger partial charge on any atom is -0.454 e. The zero-order valence-electron chi connectivity index (χ0n) is 15.0. The number of hydrogen-bond acceptors (Lipinski definition) is 4. The number of nitrogens with zero attached hydrogens (tertiary/aromatic N) is 1. The first-order valence-electron chi connectivity index (χ1n) is 8.33. The molecule has 0 aromatic heterocycles. The Balaban J connectivity index is 1.58. The molecule has 1 aliphatic heterocycles. The molecule has 0 atom stereocenters. The second-order valence-electron chi connectivity index (χ2n) is 7.14. The lowest BCUT2D eigenvalue weighted by Crippen LogP contribution is -2.20. The molecule has 1 heterocycles. The van der Waals surface area contributed by atoms with Crippen LogP contribution < -0.4 is 14.9 Å². The number of amides is 1. The largest absolute Gasteiger partial charge is 0.454 e. The Morgan fingerprint density at radius 3 is 2.50 bits per heavy atom.